The van der Waals surface area contributed by atoms with Gasteiger partial charge in [-0.1, -0.05) is 69.3 Å². The van der Waals surface area contributed by atoms with Gasteiger partial charge >= 0.3 is 6.03 Å². The molecule has 2 unspecified atom stereocenters. The number of hydrogen-bond donors (Lipinski definition) is 2. The Balaban J connectivity index is 1.17. The zero-order valence-electron chi connectivity index (χ0n) is 34.9. The minimum Gasteiger partial charge on any atom is -0.339 e. The standard InChI is InChI=1S/C45H51F2N7O7S/c1-5-28-24-45(28,41(58)50-62(60,61)31-17-18-31)49-39(56)37-22-30(26-53(37)40(57)34(43(2,3)4)23-38(55)51-21-19-44(46,47)27-51)52(25-29-12-10-11-20-48-29)42(59)54-35-15-8-6-13-32(35)33-14-7-9-16-36(33)54/h5-16,20,28,30-31,34,37H,1,17-19,21-27H2,2-4H3,(H,49,56)(H,50,58)/t28?,30-,34-,37+,45?/m1/s1. The van der Waals surface area contributed by atoms with Crippen LogP contribution in [0.25, 0.3) is 21.8 Å². The number of sulfonamides is 1. The Labute approximate surface area is 358 Å². The summed E-state index contributed by atoms with van der Waals surface area (Å²) in [7, 11) is -3.99. The number of carbonyl (C=O) groups excluding carboxylic acids is 5. The smallest absolute Gasteiger partial charge is 0.329 e. The van der Waals surface area contributed by atoms with Gasteiger partial charge in [0.25, 0.3) is 11.8 Å². The zero-order valence-corrected chi connectivity index (χ0v) is 35.7. The molecule has 4 aromatic rings. The van der Waals surface area contributed by atoms with E-state index in [0.29, 0.717) is 29.6 Å². The van der Waals surface area contributed by atoms with Crippen molar-refractivity contribution < 1.29 is 41.2 Å². The summed E-state index contributed by atoms with van der Waals surface area (Å²) in [6.07, 6.45) is 2.95. The van der Waals surface area contributed by atoms with Gasteiger partial charge in [0.1, 0.15) is 11.6 Å². The van der Waals surface area contributed by atoms with Crippen LogP contribution in [-0.4, -0.2) is 111 Å². The fourth-order valence-electron chi connectivity index (χ4n) is 9.04. The monoisotopic (exact) mass is 871 g/mol. The molecule has 5 amide bonds. The van der Waals surface area contributed by atoms with Crippen molar-refractivity contribution in [2.45, 2.75) is 94.6 Å². The van der Waals surface area contributed by atoms with Crippen LogP contribution in [-0.2, 0) is 35.7 Å². The molecular weight excluding hydrogens is 821 g/mol. The summed E-state index contributed by atoms with van der Waals surface area (Å²) in [6, 6.07) is 17.7. The van der Waals surface area contributed by atoms with Crippen LogP contribution in [0.5, 0.6) is 0 Å². The van der Waals surface area contributed by atoms with E-state index >= 15 is 9.59 Å². The molecule has 2 aliphatic heterocycles. The predicted octanol–water partition coefficient (Wildman–Crippen LogP) is 5.22. The largest absolute Gasteiger partial charge is 0.339 e. The highest BCUT2D eigenvalue weighted by molar-refractivity contribution is 7.91. The van der Waals surface area contributed by atoms with Crippen LogP contribution in [0.4, 0.5) is 13.6 Å². The Morgan fingerprint density at radius 2 is 1.63 bits per heavy atom. The Hall–Kier alpha value is -5.71. The fourth-order valence-corrected chi connectivity index (χ4v) is 10.4. The highest BCUT2D eigenvalue weighted by atomic mass is 32.2. The second-order valence-electron chi connectivity index (χ2n) is 18.2. The first kappa shape index (κ1) is 43.0. The van der Waals surface area contributed by atoms with Gasteiger partial charge < -0.3 is 20.0 Å². The first-order valence-corrected chi connectivity index (χ1v) is 22.5. The van der Waals surface area contributed by atoms with Gasteiger partial charge in [0.15, 0.2) is 0 Å². The maximum absolute atomic E-state index is 15.2. The zero-order chi connectivity index (χ0) is 44.4. The third-order valence-corrected chi connectivity index (χ3v) is 14.7. The molecule has 2 aliphatic carbocycles. The summed E-state index contributed by atoms with van der Waals surface area (Å²) in [6.45, 7) is 7.94. The van der Waals surface area contributed by atoms with Crippen LogP contribution >= 0.6 is 0 Å². The first-order chi connectivity index (χ1) is 29.3. The molecular formula is C45H51F2N7O7S. The molecule has 2 saturated heterocycles. The van der Waals surface area contributed by atoms with E-state index in [1.165, 1.54) is 11.0 Å². The third kappa shape index (κ3) is 8.18. The normalized spacial score (nSPS) is 23.9. The average Bonchev–Trinajstić information content (AvgIpc) is 4.10. The molecule has 8 rings (SSSR count). The number of aromatic nitrogens is 2. The maximum atomic E-state index is 15.2. The number of hydrogen-bond acceptors (Lipinski definition) is 8. The lowest BCUT2D eigenvalue weighted by Crippen LogP contribution is -2.57. The van der Waals surface area contributed by atoms with Gasteiger partial charge in [-0.15, -0.1) is 6.58 Å². The molecule has 4 fully saturated rings. The Morgan fingerprint density at radius 1 is 0.984 bits per heavy atom. The minimum atomic E-state index is -3.99. The molecule has 0 spiro atoms. The van der Waals surface area contributed by atoms with Gasteiger partial charge in [0.2, 0.25) is 27.7 Å². The van der Waals surface area contributed by atoms with E-state index in [-0.39, 0.29) is 32.5 Å². The van der Waals surface area contributed by atoms with Crippen LogP contribution in [0.2, 0.25) is 0 Å². The predicted molar refractivity (Wildman–Crippen MR) is 227 cm³/mol. The summed E-state index contributed by atoms with van der Waals surface area (Å²) in [5, 5.41) is 3.79. The molecule has 62 heavy (non-hydrogen) atoms. The molecule has 2 N–H and O–H groups in total. The number of likely N-dealkylation sites (tertiary alicyclic amines) is 2. The van der Waals surface area contributed by atoms with E-state index in [9.17, 15) is 31.6 Å². The van der Waals surface area contributed by atoms with Gasteiger partial charge in [-0.05, 0) is 55.4 Å². The van der Waals surface area contributed by atoms with E-state index in [4.69, 9.17) is 0 Å². The molecule has 328 valence electrons. The van der Waals surface area contributed by atoms with Crippen molar-refractivity contribution in [2.24, 2.45) is 17.3 Å². The van der Waals surface area contributed by atoms with Crippen LogP contribution < -0.4 is 10.0 Å². The number of fused-ring (bicyclic) bond motifs is 3. The lowest BCUT2D eigenvalue weighted by atomic mass is 9.77. The van der Waals surface area contributed by atoms with Gasteiger partial charge in [-0.2, -0.15) is 0 Å². The maximum Gasteiger partial charge on any atom is 0.329 e. The number of benzene rings is 2. The number of amides is 5. The number of nitrogens with one attached hydrogen (secondary N) is 2. The summed E-state index contributed by atoms with van der Waals surface area (Å²) in [4.78, 5) is 81.0. The van der Waals surface area contributed by atoms with Crippen molar-refractivity contribution >= 4 is 61.5 Å². The highest BCUT2D eigenvalue weighted by Gasteiger charge is 2.62. The van der Waals surface area contributed by atoms with Crippen LogP contribution in [0.3, 0.4) is 0 Å². The lowest BCUT2D eigenvalue weighted by molar-refractivity contribution is -0.148. The molecule has 0 bridgehead atoms. The second-order valence-corrected chi connectivity index (χ2v) is 20.2. The molecule has 17 heteroatoms. The molecule has 4 heterocycles. The second kappa shape index (κ2) is 15.9. The van der Waals surface area contributed by atoms with E-state index in [0.717, 1.165) is 15.7 Å². The van der Waals surface area contributed by atoms with Crippen LogP contribution in [0.1, 0.15) is 65.0 Å². The first-order valence-electron chi connectivity index (χ1n) is 21.0. The molecule has 2 aromatic heterocycles. The minimum absolute atomic E-state index is 0.0180. The third-order valence-electron chi connectivity index (χ3n) is 12.9. The van der Waals surface area contributed by atoms with Crippen molar-refractivity contribution in [1.82, 2.24) is 34.3 Å². The quantitative estimate of drug-likeness (QED) is 0.183. The number of para-hydroxylation sites is 2. The van der Waals surface area contributed by atoms with Crippen molar-refractivity contribution in [3.05, 3.63) is 91.3 Å². The van der Waals surface area contributed by atoms with Gasteiger partial charge in [0, 0.05) is 48.8 Å². The number of rotatable bonds is 12. The number of carbonyl (C=O) groups is 5. The van der Waals surface area contributed by atoms with Gasteiger partial charge in [-0.25, -0.2) is 22.0 Å². The molecule has 2 aromatic carbocycles. The fraction of sp³-hybridized carbons (Fsp3) is 0.467. The van der Waals surface area contributed by atoms with Crippen molar-refractivity contribution in [2.75, 3.05) is 19.6 Å². The molecule has 14 nitrogen and oxygen atoms in total. The van der Waals surface area contributed by atoms with Crippen LogP contribution in [0.15, 0.2) is 85.6 Å². The molecule has 2 saturated carbocycles. The summed E-state index contributed by atoms with van der Waals surface area (Å²) >= 11 is 0. The van der Waals surface area contributed by atoms with E-state index in [1.807, 2.05) is 48.5 Å². The number of alkyl halides is 2. The summed E-state index contributed by atoms with van der Waals surface area (Å²) < 4.78 is 58.0. The summed E-state index contributed by atoms with van der Waals surface area (Å²) in [5.41, 5.74) is -0.750. The van der Waals surface area contributed by atoms with E-state index < -0.39 is 105 Å². The Morgan fingerprint density at radius 3 is 2.18 bits per heavy atom. The van der Waals surface area contributed by atoms with E-state index in [1.54, 1.807) is 54.6 Å². The topological polar surface area (TPSA) is 171 Å². The molecule has 5 atom stereocenters. The van der Waals surface area contributed by atoms with Gasteiger partial charge in [0.05, 0.1) is 47.0 Å². The van der Waals surface area contributed by atoms with Gasteiger partial charge in [-0.3, -0.25) is 33.5 Å². The van der Waals surface area contributed by atoms with Crippen molar-refractivity contribution in [3.63, 3.8) is 0 Å². The Kier molecular flexibility index (Phi) is 11.0. The number of halogens is 2. The van der Waals surface area contributed by atoms with E-state index in [2.05, 4.69) is 21.6 Å². The molecule has 0 radical (unpaired) electrons. The number of pyridine rings is 1. The lowest BCUT2D eigenvalue weighted by Gasteiger charge is -2.36. The van der Waals surface area contributed by atoms with Crippen molar-refractivity contribution in [1.29, 1.82) is 0 Å². The van der Waals surface area contributed by atoms with Crippen LogP contribution in [0, 0.1) is 17.3 Å². The molecule has 4 aliphatic rings. The summed E-state index contributed by atoms with van der Waals surface area (Å²) in [5.74, 6) is -7.64. The number of nitrogens with zero attached hydrogens (tertiary/aromatic N) is 5. The average molecular weight is 872 g/mol. The highest BCUT2D eigenvalue weighted by Crippen LogP contribution is 2.46. The SMILES string of the molecule is C=CC1CC1(NC(=O)[C@@H]1C[C@@H](N(Cc2ccccn2)C(=O)n2c3ccccc3c3ccccc32)CN1C(=O)[C@@H](CC(=O)N1CCC(F)(F)C1)C(C)(C)C)C(=O)NS(=O)(=O)C1CC1. The van der Waals surface area contributed by atoms with Crippen molar-refractivity contribution in [3.8, 4) is 0 Å². The Bertz CT molecular complexity index is 2520.